The van der Waals surface area contributed by atoms with Crippen molar-refractivity contribution in [3.05, 3.63) is 53.0 Å². The smallest absolute Gasteiger partial charge is 0.266 e. The second-order valence-electron chi connectivity index (χ2n) is 7.03. The lowest BCUT2D eigenvalue weighted by molar-refractivity contribution is -0.123. The predicted molar refractivity (Wildman–Crippen MR) is 125 cm³/mol. The van der Waals surface area contributed by atoms with Crippen LogP contribution in [0.25, 0.3) is 6.08 Å². The topological polar surface area (TPSA) is 61.9 Å². The fourth-order valence-corrected chi connectivity index (χ4v) is 4.43. The minimum absolute atomic E-state index is 0.0565. The van der Waals surface area contributed by atoms with Gasteiger partial charge in [-0.1, -0.05) is 66.5 Å². The van der Waals surface area contributed by atoms with Gasteiger partial charge in [0.25, 0.3) is 5.91 Å². The van der Waals surface area contributed by atoms with Crippen LogP contribution in [0.1, 0.15) is 18.4 Å². The van der Waals surface area contributed by atoms with Gasteiger partial charge in [0.2, 0.25) is 5.91 Å². The molecule has 2 heterocycles. The van der Waals surface area contributed by atoms with E-state index in [0.29, 0.717) is 22.3 Å². The quantitative estimate of drug-likeness (QED) is 0.358. The molecule has 0 bridgehead atoms. The number of thioether (sulfide) groups is 1. The first-order valence-corrected chi connectivity index (χ1v) is 11.4. The Bertz CT molecular complexity index is 805. The average Bonchev–Trinajstić information content (AvgIpc) is 3.04. The molecule has 0 radical (unpaired) electrons. The van der Waals surface area contributed by atoms with Crippen molar-refractivity contribution in [2.75, 3.05) is 45.9 Å². The summed E-state index contributed by atoms with van der Waals surface area (Å²) >= 11 is 6.60. The average molecular weight is 446 g/mol. The second-order valence-corrected chi connectivity index (χ2v) is 8.71. The standard InChI is InChI=1S/C22H27N3O3S2/c26-20(23-11-5-12-24-14-16-28-17-15-24)10-13-25-21(27)19(30-22(25)29)9-4-8-18-6-2-1-3-7-18/h1-4,6-9H,5,10-17H2,(H,23,26)/b8-4+,19-9-. The van der Waals surface area contributed by atoms with Crippen LogP contribution in [0.4, 0.5) is 0 Å². The molecule has 2 amide bonds. The van der Waals surface area contributed by atoms with Gasteiger partial charge in [0, 0.05) is 32.6 Å². The number of hydrogen-bond acceptors (Lipinski definition) is 6. The molecule has 2 saturated heterocycles. The lowest BCUT2D eigenvalue weighted by atomic mass is 10.2. The zero-order valence-electron chi connectivity index (χ0n) is 16.9. The van der Waals surface area contributed by atoms with E-state index in [0.717, 1.165) is 44.8 Å². The Kier molecular flexibility index (Phi) is 9.07. The molecule has 8 heteroatoms. The van der Waals surface area contributed by atoms with Crippen molar-refractivity contribution in [1.29, 1.82) is 0 Å². The van der Waals surface area contributed by atoms with Gasteiger partial charge < -0.3 is 10.1 Å². The molecule has 160 valence electrons. The largest absolute Gasteiger partial charge is 0.379 e. The Morgan fingerprint density at radius 2 is 1.97 bits per heavy atom. The predicted octanol–water partition coefficient (Wildman–Crippen LogP) is 2.67. The summed E-state index contributed by atoms with van der Waals surface area (Å²) in [6.07, 6.45) is 6.72. The maximum Gasteiger partial charge on any atom is 0.266 e. The molecule has 3 rings (SSSR count). The van der Waals surface area contributed by atoms with Crippen LogP contribution in [0.3, 0.4) is 0 Å². The first-order valence-electron chi connectivity index (χ1n) is 10.2. The lowest BCUT2D eigenvalue weighted by Crippen LogP contribution is -2.38. The van der Waals surface area contributed by atoms with Crippen molar-refractivity contribution >= 4 is 46.2 Å². The number of ether oxygens (including phenoxy) is 1. The van der Waals surface area contributed by atoms with Gasteiger partial charge >= 0.3 is 0 Å². The highest BCUT2D eigenvalue weighted by molar-refractivity contribution is 8.26. The number of thiocarbonyl (C=S) groups is 1. The lowest BCUT2D eigenvalue weighted by Gasteiger charge is -2.26. The van der Waals surface area contributed by atoms with E-state index in [9.17, 15) is 9.59 Å². The fourth-order valence-electron chi connectivity index (χ4n) is 3.17. The normalized spacial score (nSPS) is 19.2. The summed E-state index contributed by atoms with van der Waals surface area (Å²) in [6.45, 7) is 5.38. The molecule has 0 aromatic heterocycles. The summed E-state index contributed by atoms with van der Waals surface area (Å²) in [4.78, 5) is 29.1. The number of carbonyl (C=O) groups is 2. The van der Waals surface area contributed by atoms with Gasteiger partial charge in [-0.2, -0.15) is 0 Å². The minimum Gasteiger partial charge on any atom is -0.379 e. The summed E-state index contributed by atoms with van der Waals surface area (Å²) in [5.41, 5.74) is 1.06. The molecule has 1 aromatic carbocycles. The summed E-state index contributed by atoms with van der Waals surface area (Å²) in [5.74, 6) is -0.193. The van der Waals surface area contributed by atoms with Crippen molar-refractivity contribution < 1.29 is 14.3 Å². The van der Waals surface area contributed by atoms with Crippen molar-refractivity contribution in [2.45, 2.75) is 12.8 Å². The van der Waals surface area contributed by atoms with E-state index in [1.54, 1.807) is 6.08 Å². The highest BCUT2D eigenvalue weighted by atomic mass is 32.2. The van der Waals surface area contributed by atoms with Gasteiger partial charge in [0.1, 0.15) is 4.32 Å². The molecule has 6 nitrogen and oxygen atoms in total. The molecule has 0 aliphatic carbocycles. The van der Waals surface area contributed by atoms with Gasteiger partial charge in [-0.3, -0.25) is 19.4 Å². The molecule has 1 N–H and O–H groups in total. The van der Waals surface area contributed by atoms with Gasteiger partial charge in [0.05, 0.1) is 18.1 Å². The minimum atomic E-state index is -0.136. The van der Waals surface area contributed by atoms with Crippen LogP contribution >= 0.6 is 24.0 Å². The van der Waals surface area contributed by atoms with E-state index >= 15 is 0 Å². The Hall–Kier alpha value is -2.00. The van der Waals surface area contributed by atoms with E-state index in [1.165, 1.54) is 16.7 Å². The number of morpholine rings is 1. The molecule has 0 spiro atoms. The van der Waals surface area contributed by atoms with Gasteiger partial charge in [-0.25, -0.2) is 0 Å². The molecule has 2 fully saturated rings. The maximum absolute atomic E-state index is 12.6. The highest BCUT2D eigenvalue weighted by Crippen LogP contribution is 2.31. The fraction of sp³-hybridized carbons (Fsp3) is 0.409. The second kappa shape index (κ2) is 12.0. The number of allylic oxidation sites excluding steroid dienone is 2. The summed E-state index contributed by atoms with van der Waals surface area (Å²) < 4.78 is 5.83. The van der Waals surface area contributed by atoms with Crippen LogP contribution in [-0.2, 0) is 14.3 Å². The Labute approximate surface area is 187 Å². The molecule has 1 aromatic rings. The van der Waals surface area contributed by atoms with Crippen molar-refractivity contribution in [3.8, 4) is 0 Å². The van der Waals surface area contributed by atoms with Crippen molar-refractivity contribution in [1.82, 2.24) is 15.1 Å². The first-order chi connectivity index (χ1) is 14.6. The molecular weight excluding hydrogens is 418 g/mol. The molecule has 30 heavy (non-hydrogen) atoms. The van der Waals surface area contributed by atoms with E-state index in [1.807, 2.05) is 42.5 Å². The molecule has 2 aliphatic heterocycles. The van der Waals surface area contributed by atoms with Crippen LogP contribution in [0, 0.1) is 0 Å². The van der Waals surface area contributed by atoms with Crippen molar-refractivity contribution in [3.63, 3.8) is 0 Å². The van der Waals surface area contributed by atoms with Crippen LogP contribution in [0.2, 0.25) is 0 Å². The molecule has 2 aliphatic rings. The Balaban J connectivity index is 1.37. The van der Waals surface area contributed by atoms with Crippen LogP contribution in [0.5, 0.6) is 0 Å². The van der Waals surface area contributed by atoms with Crippen LogP contribution in [-0.4, -0.2) is 71.9 Å². The Morgan fingerprint density at radius 1 is 1.20 bits per heavy atom. The van der Waals surface area contributed by atoms with Crippen molar-refractivity contribution in [2.24, 2.45) is 0 Å². The third-order valence-corrected chi connectivity index (χ3v) is 6.24. The summed E-state index contributed by atoms with van der Waals surface area (Å²) in [5, 5.41) is 2.93. The van der Waals surface area contributed by atoms with Gasteiger partial charge in [-0.15, -0.1) is 0 Å². The van der Waals surface area contributed by atoms with Crippen LogP contribution < -0.4 is 5.32 Å². The SMILES string of the molecule is O=C(CCN1C(=O)/C(=C/C=C/c2ccccc2)SC1=S)NCCCN1CCOCC1. The first kappa shape index (κ1) is 22.7. The zero-order valence-corrected chi connectivity index (χ0v) is 18.6. The van der Waals surface area contributed by atoms with Gasteiger partial charge in [0.15, 0.2) is 0 Å². The summed E-state index contributed by atoms with van der Waals surface area (Å²) in [6, 6.07) is 9.88. The molecule has 0 saturated carbocycles. The van der Waals surface area contributed by atoms with E-state index in [4.69, 9.17) is 17.0 Å². The number of nitrogens with one attached hydrogen (secondary N) is 1. The molecule has 0 atom stereocenters. The maximum atomic E-state index is 12.6. The number of rotatable bonds is 9. The third kappa shape index (κ3) is 7.05. The summed E-state index contributed by atoms with van der Waals surface area (Å²) in [7, 11) is 0. The molecular formula is C22H27N3O3S2. The Morgan fingerprint density at radius 3 is 2.73 bits per heavy atom. The number of nitrogens with zero attached hydrogens (tertiary/aromatic N) is 2. The number of carbonyl (C=O) groups excluding carboxylic acids is 2. The van der Waals surface area contributed by atoms with E-state index in [-0.39, 0.29) is 18.2 Å². The van der Waals surface area contributed by atoms with Crippen LogP contribution in [0.15, 0.2) is 47.4 Å². The zero-order chi connectivity index (χ0) is 21.2. The number of hydrogen-bond donors (Lipinski definition) is 1. The highest BCUT2D eigenvalue weighted by Gasteiger charge is 2.31. The van der Waals surface area contributed by atoms with E-state index in [2.05, 4.69) is 10.2 Å². The number of benzene rings is 1. The molecule has 0 unspecified atom stereocenters. The van der Waals surface area contributed by atoms with E-state index < -0.39 is 0 Å². The van der Waals surface area contributed by atoms with Gasteiger partial charge in [-0.05, 0) is 24.6 Å². The third-order valence-electron chi connectivity index (χ3n) is 4.85. The number of amides is 2. The monoisotopic (exact) mass is 445 g/mol.